The Balaban J connectivity index is 2.18. The van der Waals surface area contributed by atoms with Crippen molar-refractivity contribution in [1.29, 1.82) is 0 Å². The maximum Gasteiger partial charge on any atom is 0.186 e. The smallest absolute Gasteiger partial charge is 0.186 e. The van der Waals surface area contributed by atoms with Gasteiger partial charge in [-0.1, -0.05) is 6.07 Å². The first kappa shape index (κ1) is 13.5. The van der Waals surface area contributed by atoms with E-state index in [0.29, 0.717) is 6.04 Å². The van der Waals surface area contributed by atoms with E-state index in [4.69, 9.17) is 0 Å². The van der Waals surface area contributed by atoms with Crippen LogP contribution in [0.3, 0.4) is 0 Å². The Kier molecular flexibility index (Phi) is 4.37. The number of rotatable bonds is 5. The number of aliphatic hydroxyl groups excluding tert-OH is 1. The van der Waals surface area contributed by atoms with Gasteiger partial charge in [0, 0.05) is 16.3 Å². The minimum Gasteiger partial charge on any atom is -0.387 e. The highest BCUT2D eigenvalue weighted by molar-refractivity contribution is 7.13. The number of thiophene rings is 1. The Morgan fingerprint density at radius 1 is 1.33 bits per heavy atom. The number of anilines is 1. The van der Waals surface area contributed by atoms with Gasteiger partial charge in [-0.2, -0.15) is 0 Å². The van der Waals surface area contributed by atoms with Crippen molar-refractivity contribution >= 4 is 27.8 Å². The van der Waals surface area contributed by atoms with E-state index in [0.717, 1.165) is 17.4 Å². The van der Waals surface area contributed by atoms with Gasteiger partial charge in [0.25, 0.3) is 0 Å². The van der Waals surface area contributed by atoms with Gasteiger partial charge in [-0.05, 0) is 32.2 Å². The van der Waals surface area contributed by atoms with Crippen molar-refractivity contribution in [2.75, 3.05) is 4.90 Å². The largest absolute Gasteiger partial charge is 0.387 e. The quantitative estimate of drug-likeness (QED) is 0.909. The van der Waals surface area contributed by atoms with E-state index in [-0.39, 0.29) is 0 Å². The van der Waals surface area contributed by atoms with Crippen LogP contribution in [0.4, 0.5) is 5.13 Å². The van der Waals surface area contributed by atoms with Gasteiger partial charge >= 0.3 is 0 Å². The summed E-state index contributed by atoms with van der Waals surface area (Å²) in [5, 5.41) is 14.6. The molecule has 0 aliphatic heterocycles. The number of hydrogen-bond donors (Lipinski definition) is 1. The Labute approximate surface area is 116 Å². The van der Waals surface area contributed by atoms with Crippen LogP contribution in [0.5, 0.6) is 0 Å². The molecule has 0 saturated heterocycles. The molecule has 0 fully saturated rings. The molecule has 0 aliphatic carbocycles. The predicted molar refractivity (Wildman–Crippen MR) is 78.4 cm³/mol. The zero-order chi connectivity index (χ0) is 13.1. The van der Waals surface area contributed by atoms with Gasteiger partial charge in [0.2, 0.25) is 0 Å². The Hall–Kier alpha value is -0.910. The van der Waals surface area contributed by atoms with Crippen LogP contribution in [0.1, 0.15) is 37.4 Å². The van der Waals surface area contributed by atoms with Crippen LogP contribution in [0.15, 0.2) is 22.9 Å². The van der Waals surface area contributed by atoms with Crippen LogP contribution < -0.4 is 4.90 Å². The molecule has 0 aromatic carbocycles. The number of thiazole rings is 1. The molecule has 18 heavy (non-hydrogen) atoms. The number of aromatic nitrogens is 1. The lowest BCUT2D eigenvalue weighted by Crippen LogP contribution is -2.29. The van der Waals surface area contributed by atoms with E-state index < -0.39 is 6.10 Å². The summed E-state index contributed by atoms with van der Waals surface area (Å²) in [4.78, 5) is 8.11. The maximum absolute atomic E-state index is 9.54. The molecule has 0 bridgehead atoms. The fourth-order valence-electron chi connectivity index (χ4n) is 1.64. The molecule has 0 radical (unpaired) electrons. The Bertz CT molecular complexity index is 477. The van der Waals surface area contributed by atoms with Gasteiger partial charge in [0.1, 0.15) is 0 Å². The molecule has 1 unspecified atom stereocenters. The molecule has 5 heteroatoms. The third kappa shape index (κ3) is 3.10. The van der Waals surface area contributed by atoms with Crippen LogP contribution in [0, 0.1) is 0 Å². The van der Waals surface area contributed by atoms with Crippen LogP contribution in [-0.2, 0) is 6.54 Å². The fourth-order valence-corrected chi connectivity index (χ4v) is 3.39. The van der Waals surface area contributed by atoms with Gasteiger partial charge in [-0.25, -0.2) is 4.98 Å². The summed E-state index contributed by atoms with van der Waals surface area (Å²) >= 11 is 3.36. The normalized spacial score (nSPS) is 12.9. The molecule has 1 N–H and O–H groups in total. The third-order valence-electron chi connectivity index (χ3n) is 2.71. The average molecular weight is 282 g/mol. The van der Waals surface area contributed by atoms with Crippen molar-refractivity contribution in [3.63, 3.8) is 0 Å². The van der Waals surface area contributed by atoms with Crippen LogP contribution in [0.2, 0.25) is 0 Å². The first-order chi connectivity index (χ1) is 8.58. The molecule has 2 aromatic rings. The summed E-state index contributed by atoms with van der Waals surface area (Å²) in [5.41, 5.74) is 0.756. The van der Waals surface area contributed by atoms with Gasteiger partial charge in [0.15, 0.2) is 5.13 Å². The van der Waals surface area contributed by atoms with Crippen molar-refractivity contribution in [1.82, 2.24) is 4.98 Å². The SMILES string of the molecule is CC(O)c1csc(N(Cc2cccs2)C(C)C)n1. The van der Waals surface area contributed by atoms with Crippen LogP contribution in [0.25, 0.3) is 0 Å². The van der Waals surface area contributed by atoms with E-state index in [9.17, 15) is 5.11 Å². The zero-order valence-corrected chi connectivity index (χ0v) is 12.5. The van der Waals surface area contributed by atoms with E-state index >= 15 is 0 Å². The molecule has 3 nitrogen and oxygen atoms in total. The molecular formula is C13H18N2OS2. The highest BCUT2D eigenvalue weighted by Gasteiger charge is 2.16. The maximum atomic E-state index is 9.54. The second-order valence-corrected chi connectivity index (χ2v) is 6.40. The summed E-state index contributed by atoms with van der Waals surface area (Å²) in [6.45, 7) is 6.95. The summed E-state index contributed by atoms with van der Waals surface area (Å²) in [5.74, 6) is 0. The molecule has 2 rings (SSSR count). The van der Waals surface area contributed by atoms with Crippen molar-refractivity contribution in [2.24, 2.45) is 0 Å². The van der Waals surface area contributed by atoms with Gasteiger partial charge in [-0.15, -0.1) is 22.7 Å². The summed E-state index contributed by atoms with van der Waals surface area (Å²) in [6, 6.07) is 4.60. The van der Waals surface area contributed by atoms with Crippen molar-refractivity contribution in [3.05, 3.63) is 33.5 Å². The first-order valence-corrected chi connectivity index (χ1v) is 7.76. The minimum absolute atomic E-state index is 0.389. The average Bonchev–Trinajstić information content (AvgIpc) is 2.96. The number of aliphatic hydroxyl groups is 1. The van der Waals surface area contributed by atoms with Crippen LogP contribution >= 0.6 is 22.7 Å². The van der Waals surface area contributed by atoms with Crippen molar-refractivity contribution in [2.45, 2.75) is 39.5 Å². The van der Waals surface area contributed by atoms with Crippen molar-refractivity contribution in [3.8, 4) is 0 Å². The zero-order valence-electron chi connectivity index (χ0n) is 10.8. The molecule has 2 heterocycles. The molecule has 0 saturated carbocycles. The van der Waals surface area contributed by atoms with E-state index in [1.54, 1.807) is 29.6 Å². The standard InChI is InChI=1S/C13H18N2OS2/c1-9(2)15(7-11-5-4-6-17-11)13-14-12(8-18-13)10(3)16/h4-6,8-10,16H,7H2,1-3H3. The lowest BCUT2D eigenvalue weighted by Gasteiger charge is -2.25. The molecule has 0 aliphatic rings. The topological polar surface area (TPSA) is 36.4 Å². The monoisotopic (exact) mass is 282 g/mol. The molecule has 2 aromatic heterocycles. The molecular weight excluding hydrogens is 264 g/mol. The minimum atomic E-state index is -0.495. The van der Waals surface area contributed by atoms with Crippen molar-refractivity contribution < 1.29 is 5.11 Å². The molecule has 0 amide bonds. The summed E-state index contributed by atoms with van der Waals surface area (Å²) in [7, 11) is 0. The lowest BCUT2D eigenvalue weighted by atomic mass is 10.3. The molecule has 98 valence electrons. The lowest BCUT2D eigenvalue weighted by molar-refractivity contribution is 0.195. The summed E-state index contributed by atoms with van der Waals surface area (Å²) < 4.78 is 0. The van der Waals surface area contributed by atoms with E-state index in [2.05, 4.69) is 41.2 Å². The van der Waals surface area contributed by atoms with Gasteiger partial charge < -0.3 is 10.0 Å². The summed E-state index contributed by atoms with van der Waals surface area (Å²) in [6.07, 6.45) is -0.495. The predicted octanol–water partition coefficient (Wildman–Crippen LogP) is 3.67. The van der Waals surface area contributed by atoms with E-state index in [1.807, 2.05) is 5.38 Å². The Morgan fingerprint density at radius 2 is 2.11 bits per heavy atom. The highest BCUT2D eigenvalue weighted by atomic mass is 32.1. The van der Waals surface area contributed by atoms with E-state index in [1.165, 1.54) is 4.88 Å². The Morgan fingerprint density at radius 3 is 2.61 bits per heavy atom. The highest BCUT2D eigenvalue weighted by Crippen LogP contribution is 2.27. The van der Waals surface area contributed by atoms with Gasteiger partial charge in [-0.3, -0.25) is 0 Å². The van der Waals surface area contributed by atoms with Crippen LogP contribution in [-0.4, -0.2) is 16.1 Å². The fraction of sp³-hybridized carbons (Fsp3) is 0.462. The first-order valence-electron chi connectivity index (χ1n) is 6.00. The second-order valence-electron chi connectivity index (χ2n) is 4.53. The number of nitrogens with zero attached hydrogens (tertiary/aromatic N) is 2. The third-order valence-corrected chi connectivity index (χ3v) is 4.47. The molecule has 1 atom stereocenters. The number of hydrogen-bond acceptors (Lipinski definition) is 5. The van der Waals surface area contributed by atoms with Gasteiger partial charge in [0.05, 0.1) is 18.3 Å². The molecule has 0 spiro atoms. The second kappa shape index (κ2) is 5.82.